The molecular formula is C20H42O9S3. The van der Waals surface area contributed by atoms with E-state index >= 15 is 0 Å². The van der Waals surface area contributed by atoms with Gasteiger partial charge in [-0.25, -0.2) is 0 Å². The molecule has 6 N–H and O–H groups in total. The van der Waals surface area contributed by atoms with E-state index in [4.69, 9.17) is 30.6 Å². The number of hydrogen-bond donors (Lipinski definition) is 9. The van der Waals surface area contributed by atoms with Crippen molar-refractivity contribution in [2.45, 2.75) is 64.7 Å². The number of carbonyl (C=O) groups is 3. The van der Waals surface area contributed by atoms with Gasteiger partial charge in [-0.1, -0.05) is 6.92 Å². The molecule has 0 bridgehead atoms. The lowest BCUT2D eigenvalue weighted by atomic mass is 9.95. The summed E-state index contributed by atoms with van der Waals surface area (Å²) < 4.78 is 0. The fourth-order valence-electron chi connectivity index (χ4n) is 1.31. The van der Waals surface area contributed by atoms with Crippen molar-refractivity contribution < 1.29 is 45.0 Å². The van der Waals surface area contributed by atoms with Crippen molar-refractivity contribution in [3.05, 3.63) is 0 Å². The molecule has 0 atom stereocenters. The van der Waals surface area contributed by atoms with Gasteiger partial charge in [-0.05, 0) is 55.8 Å². The molecule has 12 heteroatoms. The van der Waals surface area contributed by atoms with E-state index in [-0.39, 0.29) is 39.1 Å². The van der Waals surface area contributed by atoms with E-state index in [1.165, 1.54) is 0 Å². The number of carboxylic acid groups (broad SMARTS) is 3. The molecule has 0 aliphatic carbocycles. The van der Waals surface area contributed by atoms with E-state index < -0.39 is 23.3 Å². The Kier molecular flexibility index (Phi) is 36.6. The van der Waals surface area contributed by atoms with Gasteiger partial charge in [-0.15, -0.1) is 0 Å². The molecule has 32 heavy (non-hydrogen) atoms. The number of hydrogen-bond acceptors (Lipinski definition) is 9. The number of aliphatic hydroxyl groups is 3. The van der Waals surface area contributed by atoms with Crippen LogP contribution in [0.5, 0.6) is 0 Å². The van der Waals surface area contributed by atoms with Gasteiger partial charge in [0.1, 0.15) is 0 Å². The molecule has 9 nitrogen and oxygen atoms in total. The third kappa shape index (κ3) is 43.3. The number of unbranched alkanes of at least 4 members (excludes halogenated alkanes) is 3. The molecule has 0 aromatic heterocycles. The van der Waals surface area contributed by atoms with Gasteiger partial charge >= 0.3 is 17.9 Å². The second-order valence-electron chi connectivity index (χ2n) is 7.01. The molecule has 0 aliphatic rings. The molecule has 194 valence electrons. The summed E-state index contributed by atoms with van der Waals surface area (Å²) in [5.74, 6) is 0.207. The maximum Gasteiger partial charge on any atom is 0.303 e. The highest BCUT2D eigenvalue weighted by Crippen LogP contribution is 2.11. The molecule has 0 radical (unpaired) electrons. The Morgan fingerprint density at radius 2 is 0.781 bits per heavy atom. The van der Waals surface area contributed by atoms with Crippen LogP contribution in [0.2, 0.25) is 0 Å². The average molecular weight is 523 g/mol. The Balaban J connectivity index is -0.000000163. The zero-order chi connectivity index (χ0) is 25.8. The SMILES string of the molecule is CC(CO)(CO)CO.O=C(O)CCCCS.O=C(O)CCCCS.O=C(O)CCCCS. The third-order valence-corrected chi connectivity index (χ3v) is 4.49. The Morgan fingerprint density at radius 1 is 0.562 bits per heavy atom. The number of aliphatic carboxylic acids is 3. The van der Waals surface area contributed by atoms with Crippen LogP contribution in [-0.4, -0.2) is 85.6 Å². The lowest BCUT2D eigenvalue weighted by Gasteiger charge is -2.20. The van der Waals surface area contributed by atoms with Gasteiger partial charge in [0.05, 0.1) is 19.8 Å². The van der Waals surface area contributed by atoms with Gasteiger partial charge in [0.15, 0.2) is 0 Å². The van der Waals surface area contributed by atoms with Crippen LogP contribution < -0.4 is 0 Å². The summed E-state index contributed by atoms with van der Waals surface area (Å²) in [6.45, 7) is 1.06. The molecule has 0 aliphatic heterocycles. The lowest BCUT2D eigenvalue weighted by molar-refractivity contribution is -0.138. The number of thiol groups is 3. The van der Waals surface area contributed by atoms with Crippen molar-refractivity contribution in [2.75, 3.05) is 37.1 Å². The first-order chi connectivity index (χ1) is 15.0. The van der Waals surface area contributed by atoms with Gasteiger partial charge in [0.2, 0.25) is 0 Å². The first-order valence-electron chi connectivity index (χ1n) is 10.3. The van der Waals surface area contributed by atoms with Crippen molar-refractivity contribution >= 4 is 55.8 Å². The average Bonchev–Trinajstić information content (AvgIpc) is 2.74. The Bertz CT molecular complexity index is 379. The molecule has 0 spiro atoms. The molecule has 0 aromatic rings. The largest absolute Gasteiger partial charge is 0.481 e. The highest BCUT2D eigenvalue weighted by Gasteiger charge is 2.20. The van der Waals surface area contributed by atoms with Crippen LogP contribution in [0.4, 0.5) is 0 Å². The number of aliphatic hydroxyl groups excluding tert-OH is 3. The minimum Gasteiger partial charge on any atom is -0.481 e. The van der Waals surface area contributed by atoms with Crippen LogP contribution in [0.15, 0.2) is 0 Å². The van der Waals surface area contributed by atoms with Crippen LogP contribution >= 0.6 is 37.9 Å². The highest BCUT2D eigenvalue weighted by atomic mass is 32.1. The zero-order valence-corrected chi connectivity index (χ0v) is 21.5. The fraction of sp³-hybridized carbons (Fsp3) is 0.850. The second kappa shape index (κ2) is 30.3. The second-order valence-corrected chi connectivity index (χ2v) is 8.35. The predicted octanol–water partition coefficient (Wildman–Crippen LogP) is 2.48. The first kappa shape index (κ1) is 38.6. The molecule has 0 amide bonds. The van der Waals surface area contributed by atoms with E-state index in [0.29, 0.717) is 0 Å². The number of rotatable bonds is 15. The van der Waals surface area contributed by atoms with E-state index in [2.05, 4.69) is 37.9 Å². The smallest absolute Gasteiger partial charge is 0.303 e. The van der Waals surface area contributed by atoms with Gasteiger partial charge in [-0.3, -0.25) is 14.4 Å². The normalized spacial score (nSPS) is 9.84. The van der Waals surface area contributed by atoms with Crippen LogP contribution in [0.1, 0.15) is 64.7 Å². The van der Waals surface area contributed by atoms with Crippen LogP contribution in [0.25, 0.3) is 0 Å². The van der Waals surface area contributed by atoms with Crippen molar-refractivity contribution in [1.29, 1.82) is 0 Å². The quantitative estimate of drug-likeness (QED) is 0.116. The van der Waals surface area contributed by atoms with Crippen LogP contribution in [0.3, 0.4) is 0 Å². The van der Waals surface area contributed by atoms with Crippen LogP contribution in [-0.2, 0) is 14.4 Å². The summed E-state index contributed by atoms with van der Waals surface area (Å²) in [5, 5.41) is 49.7. The van der Waals surface area contributed by atoms with Gasteiger partial charge in [0.25, 0.3) is 0 Å². The Hall–Kier alpha value is -0.660. The standard InChI is InChI=1S/C5H12O3.3C5H10O2S/c1-5(2-6,3-7)4-8;3*6-5(7)3-1-2-4-8/h6-8H,2-4H2,1H3;3*8H,1-4H2,(H,6,7). The predicted molar refractivity (Wildman–Crippen MR) is 135 cm³/mol. The van der Waals surface area contributed by atoms with Crippen molar-refractivity contribution in [3.8, 4) is 0 Å². The summed E-state index contributed by atoms with van der Waals surface area (Å²) in [4.78, 5) is 29.5. The molecule has 0 aromatic carbocycles. The first-order valence-corrected chi connectivity index (χ1v) is 12.2. The molecular weight excluding hydrogens is 480 g/mol. The minimum atomic E-state index is -0.716. The van der Waals surface area contributed by atoms with Crippen molar-refractivity contribution in [3.63, 3.8) is 0 Å². The molecule has 0 saturated heterocycles. The van der Waals surface area contributed by atoms with Crippen molar-refractivity contribution in [2.24, 2.45) is 5.41 Å². The summed E-state index contributed by atoms with van der Waals surface area (Å²) in [5.41, 5.74) is -0.708. The lowest BCUT2D eigenvalue weighted by Crippen LogP contribution is -2.29. The Morgan fingerprint density at radius 3 is 0.875 bits per heavy atom. The molecule has 0 fully saturated rings. The van der Waals surface area contributed by atoms with Crippen LogP contribution in [0, 0.1) is 5.41 Å². The molecule has 0 heterocycles. The van der Waals surface area contributed by atoms with Crippen molar-refractivity contribution in [1.82, 2.24) is 0 Å². The maximum absolute atomic E-state index is 9.85. The Labute approximate surface area is 207 Å². The van der Waals surface area contributed by atoms with E-state index in [9.17, 15) is 14.4 Å². The summed E-state index contributed by atoms with van der Waals surface area (Å²) in [6, 6.07) is 0. The van der Waals surface area contributed by atoms with E-state index in [0.717, 1.165) is 55.8 Å². The maximum atomic E-state index is 9.85. The van der Waals surface area contributed by atoms with Gasteiger partial charge in [-0.2, -0.15) is 37.9 Å². The molecule has 0 unspecified atom stereocenters. The van der Waals surface area contributed by atoms with E-state index in [1.807, 2.05) is 0 Å². The molecule has 0 rings (SSSR count). The zero-order valence-electron chi connectivity index (χ0n) is 18.9. The van der Waals surface area contributed by atoms with Gasteiger partial charge < -0.3 is 30.6 Å². The summed E-state index contributed by atoms with van der Waals surface area (Å²) >= 11 is 11.8. The van der Waals surface area contributed by atoms with E-state index in [1.54, 1.807) is 6.92 Å². The third-order valence-electron chi connectivity index (χ3n) is 3.54. The topological polar surface area (TPSA) is 173 Å². The summed E-state index contributed by atoms with van der Waals surface area (Å²) in [7, 11) is 0. The minimum absolute atomic E-state index is 0.181. The number of carboxylic acids is 3. The van der Waals surface area contributed by atoms with Gasteiger partial charge in [0, 0.05) is 24.7 Å². The highest BCUT2D eigenvalue weighted by molar-refractivity contribution is 7.80. The monoisotopic (exact) mass is 522 g/mol. The molecule has 0 saturated carbocycles. The fourth-order valence-corrected chi connectivity index (χ4v) is 1.98. The summed E-state index contributed by atoms with van der Waals surface area (Å²) in [6.07, 6.45) is 5.78.